The molecule has 162 valence electrons. The number of carbonyl (C=O) groups is 1. The fraction of sp³-hybridized carbons (Fsp3) is 0.478. The zero-order valence-electron chi connectivity index (χ0n) is 17.8. The Morgan fingerprint density at radius 2 is 2.00 bits per heavy atom. The van der Waals surface area contributed by atoms with Crippen LogP contribution in [0.15, 0.2) is 52.1 Å². The van der Waals surface area contributed by atoms with Gasteiger partial charge in [0, 0.05) is 26.1 Å². The van der Waals surface area contributed by atoms with Gasteiger partial charge in [-0.05, 0) is 49.6 Å². The summed E-state index contributed by atoms with van der Waals surface area (Å²) in [5.41, 5.74) is 1.11. The average Bonchev–Trinajstić information content (AvgIpc) is 3.30. The predicted molar refractivity (Wildman–Crippen MR) is 115 cm³/mol. The quantitative estimate of drug-likeness (QED) is 0.407. The van der Waals surface area contributed by atoms with Crippen molar-refractivity contribution in [2.75, 3.05) is 33.4 Å². The van der Waals surface area contributed by atoms with Crippen LogP contribution >= 0.6 is 0 Å². The summed E-state index contributed by atoms with van der Waals surface area (Å²) < 4.78 is 15.8. The summed E-state index contributed by atoms with van der Waals surface area (Å²) in [5.74, 6) is 2.53. The van der Waals surface area contributed by atoms with E-state index >= 15 is 0 Å². The minimum atomic E-state index is -0.0837. The van der Waals surface area contributed by atoms with E-state index in [9.17, 15) is 4.79 Å². The normalized spacial score (nSPS) is 15.1. The van der Waals surface area contributed by atoms with Gasteiger partial charge < -0.3 is 24.1 Å². The lowest BCUT2D eigenvalue weighted by Crippen LogP contribution is -2.47. The molecule has 2 aromatic rings. The highest BCUT2D eigenvalue weighted by molar-refractivity contribution is 5.80. The average molecular weight is 414 g/mol. The number of esters is 1. The molecule has 1 N–H and O–H groups in total. The number of nitrogens with one attached hydrogen (secondary N) is 1. The number of hydrogen-bond donors (Lipinski definition) is 1. The van der Waals surface area contributed by atoms with E-state index < -0.39 is 0 Å². The van der Waals surface area contributed by atoms with Crippen molar-refractivity contribution in [2.24, 2.45) is 10.9 Å². The molecular formula is C23H31N3O4. The zero-order valence-corrected chi connectivity index (χ0v) is 17.8. The lowest BCUT2D eigenvalue weighted by molar-refractivity contribution is -0.149. The van der Waals surface area contributed by atoms with Crippen LogP contribution in [0.4, 0.5) is 0 Å². The molecule has 2 heterocycles. The first-order chi connectivity index (χ1) is 14.7. The summed E-state index contributed by atoms with van der Waals surface area (Å²) in [7, 11) is 1.66. The molecule has 0 radical (unpaired) electrons. The number of benzene rings is 1. The van der Waals surface area contributed by atoms with Crippen molar-refractivity contribution < 1.29 is 18.7 Å². The van der Waals surface area contributed by atoms with Crippen LogP contribution in [-0.4, -0.2) is 50.2 Å². The fourth-order valence-electron chi connectivity index (χ4n) is 3.50. The van der Waals surface area contributed by atoms with E-state index in [-0.39, 0.29) is 11.9 Å². The maximum Gasteiger partial charge on any atom is 0.309 e. The molecule has 1 saturated heterocycles. The van der Waals surface area contributed by atoms with Gasteiger partial charge in [0.25, 0.3) is 0 Å². The van der Waals surface area contributed by atoms with Crippen LogP contribution in [0.3, 0.4) is 0 Å². The highest BCUT2D eigenvalue weighted by Crippen LogP contribution is 2.19. The second kappa shape index (κ2) is 11.3. The molecule has 0 bridgehead atoms. The Hall–Kier alpha value is -2.96. The first-order valence-electron chi connectivity index (χ1n) is 10.5. The van der Waals surface area contributed by atoms with E-state index in [1.807, 2.05) is 43.3 Å². The number of ether oxygens (including phenoxy) is 2. The predicted octanol–water partition coefficient (Wildman–Crippen LogP) is 3.25. The van der Waals surface area contributed by atoms with Crippen LogP contribution in [0.1, 0.15) is 31.1 Å². The van der Waals surface area contributed by atoms with E-state index in [0.717, 1.165) is 61.9 Å². The number of furan rings is 1. The Morgan fingerprint density at radius 1 is 1.23 bits per heavy atom. The van der Waals surface area contributed by atoms with Gasteiger partial charge in [0.2, 0.25) is 0 Å². The molecule has 0 unspecified atom stereocenters. The number of aliphatic imine (C=N–C) groups is 1. The van der Waals surface area contributed by atoms with Crippen LogP contribution in [0, 0.1) is 5.92 Å². The van der Waals surface area contributed by atoms with Gasteiger partial charge in [-0.15, -0.1) is 0 Å². The maximum atomic E-state index is 12.0. The number of methoxy groups -OCH3 is 1. The second-order valence-corrected chi connectivity index (χ2v) is 7.26. The van der Waals surface area contributed by atoms with Gasteiger partial charge in [-0.1, -0.05) is 12.1 Å². The molecule has 1 fully saturated rings. The van der Waals surface area contributed by atoms with Crippen molar-refractivity contribution in [1.29, 1.82) is 0 Å². The van der Waals surface area contributed by atoms with Gasteiger partial charge in [-0.3, -0.25) is 4.79 Å². The molecule has 30 heavy (non-hydrogen) atoms. The molecule has 0 atom stereocenters. The second-order valence-electron chi connectivity index (χ2n) is 7.26. The van der Waals surface area contributed by atoms with Gasteiger partial charge in [-0.2, -0.15) is 0 Å². The van der Waals surface area contributed by atoms with Crippen molar-refractivity contribution in [3.8, 4) is 5.75 Å². The highest BCUT2D eigenvalue weighted by Gasteiger charge is 2.27. The minimum Gasteiger partial charge on any atom is -0.497 e. The molecule has 7 heteroatoms. The van der Waals surface area contributed by atoms with Crippen molar-refractivity contribution in [3.63, 3.8) is 0 Å². The molecule has 0 saturated carbocycles. The van der Waals surface area contributed by atoms with Crippen LogP contribution < -0.4 is 10.1 Å². The summed E-state index contributed by atoms with van der Waals surface area (Å²) >= 11 is 0. The Labute approximate surface area is 178 Å². The summed E-state index contributed by atoms with van der Waals surface area (Å²) in [6.45, 7) is 5.14. The Balaban J connectivity index is 1.61. The van der Waals surface area contributed by atoms with Gasteiger partial charge >= 0.3 is 5.97 Å². The molecule has 1 aliphatic rings. The first-order valence-corrected chi connectivity index (χ1v) is 10.5. The summed E-state index contributed by atoms with van der Waals surface area (Å²) in [4.78, 5) is 19.1. The first kappa shape index (κ1) is 21.7. The molecule has 1 aromatic carbocycles. The third-order valence-electron chi connectivity index (χ3n) is 5.22. The van der Waals surface area contributed by atoms with Gasteiger partial charge in [0.05, 0.1) is 32.4 Å². The van der Waals surface area contributed by atoms with Crippen molar-refractivity contribution in [3.05, 3.63) is 54.0 Å². The number of piperidine rings is 1. The molecule has 0 spiro atoms. The van der Waals surface area contributed by atoms with Crippen LogP contribution in [-0.2, 0) is 22.5 Å². The maximum absolute atomic E-state index is 12.0. The highest BCUT2D eigenvalue weighted by atomic mass is 16.5. The molecule has 0 amide bonds. The number of nitrogens with zero attached hydrogens (tertiary/aromatic N) is 2. The molecule has 3 rings (SSSR count). The summed E-state index contributed by atoms with van der Waals surface area (Å²) in [6.07, 6.45) is 4.03. The molecule has 0 aliphatic carbocycles. The standard InChI is InChI=1S/C23H31N3O4/c1-3-29-22(27)19-11-14-26(15-12-19)23(24-13-10-21-5-4-16-30-21)25-17-18-6-8-20(28-2)9-7-18/h4-9,16,19H,3,10-15,17H2,1-2H3,(H,24,25). The Kier molecular flexibility index (Phi) is 8.18. The summed E-state index contributed by atoms with van der Waals surface area (Å²) in [5, 5.41) is 3.46. The largest absolute Gasteiger partial charge is 0.497 e. The minimum absolute atomic E-state index is 0.0212. The third kappa shape index (κ3) is 6.27. The van der Waals surface area contributed by atoms with Crippen LogP contribution in [0.2, 0.25) is 0 Å². The Bertz CT molecular complexity index is 794. The number of likely N-dealkylation sites (tertiary alicyclic amines) is 1. The topological polar surface area (TPSA) is 76.3 Å². The van der Waals surface area contributed by atoms with Crippen molar-refractivity contribution in [2.45, 2.75) is 32.7 Å². The number of rotatable bonds is 8. The SMILES string of the molecule is CCOC(=O)C1CCN(C(=NCc2ccc(OC)cc2)NCCc2ccco2)CC1. The summed E-state index contributed by atoms with van der Waals surface area (Å²) in [6, 6.07) is 11.8. The molecule has 1 aliphatic heterocycles. The van der Waals surface area contributed by atoms with Crippen molar-refractivity contribution >= 4 is 11.9 Å². The van der Waals surface area contributed by atoms with E-state index in [0.29, 0.717) is 13.2 Å². The van der Waals surface area contributed by atoms with Crippen LogP contribution in [0.25, 0.3) is 0 Å². The molecule has 7 nitrogen and oxygen atoms in total. The van der Waals surface area contributed by atoms with E-state index in [2.05, 4.69) is 10.2 Å². The molecule has 1 aromatic heterocycles. The van der Waals surface area contributed by atoms with Gasteiger partial charge in [0.15, 0.2) is 5.96 Å². The lowest BCUT2D eigenvalue weighted by atomic mass is 9.97. The van der Waals surface area contributed by atoms with E-state index in [4.69, 9.17) is 18.9 Å². The van der Waals surface area contributed by atoms with Gasteiger partial charge in [0.1, 0.15) is 11.5 Å². The van der Waals surface area contributed by atoms with E-state index in [1.165, 1.54) is 0 Å². The van der Waals surface area contributed by atoms with E-state index in [1.54, 1.807) is 13.4 Å². The third-order valence-corrected chi connectivity index (χ3v) is 5.22. The zero-order chi connectivity index (χ0) is 21.2. The Morgan fingerprint density at radius 3 is 2.63 bits per heavy atom. The van der Waals surface area contributed by atoms with Crippen molar-refractivity contribution in [1.82, 2.24) is 10.2 Å². The lowest BCUT2D eigenvalue weighted by Gasteiger charge is -2.33. The monoisotopic (exact) mass is 413 g/mol. The number of hydrogen-bond acceptors (Lipinski definition) is 5. The smallest absolute Gasteiger partial charge is 0.309 e. The fourth-order valence-corrected chi connectivity index (χ4v) is 3.50. The molecular weight excluding hydrogens is 382 g/mol. The van der Waals surface area contributed by atoms with Crippen LogP contribution in [0.5, 0.6) is 5.75 Å². The number of guanidine groups is 1. The number of carbonyl (C=O) groups excluding carboxylic acids is 1. The van der Waals surface area contributed by atoms with Gasteiger partial charge in [-0.25, -0.2) is 4.99 Å².